The number of anilines is 2. The summed E-state index contributed by atoms with van der Waals surface area (Å²) in [5, 5.41) is 10.2. The first-order valence-electron chi connectivity index (χ1n) is 11.0. The number of aromatic nitrogens is 3. The van der Waals surface area contributed by atoms with Gasteiger partial charge in [-0.2, -0.15) is 5.26 Å². The Morgan fingerprint density at radius 2 is 2.09 bits per heavy atom. The Morgan fingerprint density at radius 1 is 1.26 bits per heavy atom. The molecule has 0 saturated carbocycles. The van der Waals surface area contributed by atoms with E-state index in [4.69, 9.17) is 28.1 Å². The van der Waals surface area contributed by atoms with E-state index < -0.39 is 0 Å². The Balaban J connectivity index is 1.77. The summed E-state index contributed by atoms with van der Waals surface area (Å²) in [6.07, 6.45) is 2.29. The normalized spacial score (nSPS) is 18.3. The quantitative estimate of drug-likeness (QED) is 0.396. The molecule has 9 heteroatoms. The summed E-state index contributed by atoms with van der Waals surface area (Å²) in [6.45, 7) is 2.87. The number of aryl methyl sites for hydroxylation is 1. The molecule has 7 nitrogen and oxygen atoms in total. The number of nitrogens with one attached hydrogen (secondary N) is 1. The van der Waals surface area contributed by atoms with E-state index >= 15 is 0 Å². The Hall–Kier alpha value is -3.67. The van der Waals surface area contributed by atoms with E-state index in [1.165, 1.54) is 12.1 Å². The van der Waals surface area contributed by atoms with Crippen molar-refractivity contribution in [1.82, 2.24) is 15.0 Å². The highest BCUT2D eigenvalue weighted by Crippen LogP contribution is 2.43. The van der Waals surface area contributed by atoms with Crippen LogP contribution in [0.2, 0.25) is 5.02 Å². The van der Waals surface area contributed by atoms with Crippen LogP contribution in [0, 0.1) is 30.0 Å². The highest BCUT2D eigenvalue weighted by atomic mass is 35.5. The minimum absolute atomic E-state index is 0.211. The van der Waals surface area contributed by atoms with Gasteiger partial charge in [0.2, 0.25) is 0 Å². The summed E-state index contributed by atoms with van der Waals surface area (Å²) < 4.78 is 14.4. The molecule has 34 heavy (non-hydrogen) atoms. The zero-order valence-corrected chi connectivity index (χ0v) is 19.3. The molecule has 1 saturated heterocycles. The van der Waals surface area contributed by atoms with E-state index in [0.29, 0.717) is 52.6 Å². The van der Waals surface area contributed by atoms with Gasteiger partial charge in [0.25, 0.3) is 0 Å². The fourth-order valence-electron chi connectivity index (χ4n) is 4.59. The van der Waals surface area contributed by atoms with Crippen LogP contribution in [0.15, 0.2) is 42.6 Å². The van der Waals surface area contributed by atoms with E-state index in [9.17, 15) is 9.65 Å². The van der Waals surface area contributed by atoms with Gasteiger partial charge >= 0.3 is 0 Å². The molecule has 1 aliphatic heterocycles. The monoisotopic (exact) mass is 475 g/mol. The van der Waals surface area contributed by atoms with Gasteiger partial charge in [0, 0.05) is 35.9 Å². The minimum atomic E-state index is -0.354. The van der Waals surface area contributed by atoms with Gasteiger partial charge < -0.3 is 21.4 Å². The first-order valence-corrected chi connectivity index (χ1v) is 11.3. The molecule has 2 atom stereocenters. The van der Waals surface area contributed by atoms with Gasteiger partial charge in [0.1, 0.15) is 17.5 Å². The number of fused-ring (bicyclic) bond motifs is 1. The third kappa shape index (κ3) is 3.94. The number of piperidine rings is 1. The minimum Gasteiger partial charge on any atom is -0.383 e. The Kier molecular flexibility index (Phi) is 5.60. The van der Waals surface area contributed by atoms with Crippen LogP contribution in [0.3, 0.4) is 0 Å². The van der Waals surface area contributed by atoms with E-state index in [1.807, 2.05) is 19.1 Å². The molecule has 0 unspecified atom stereocenters. The van der Waals surface area contributed by atoms with E-state index in [0.717, 1.165) is 16.8 Å². The molecular weight excluding hydrogens is 453 g/mol. The van der Waals surface area contributed by atoms with Crippen molar-refractivity contribution in [2.45, 2.75) is 19.4 Å². The van der Waals surface area contributed by atoms with Gasteiger partial charge in [-0.3, -0.25) is 0 Å². The molecule has 0 amide bonds. The second kappa shape index (κ2) is 8.60. The number of hydrogen-bond acceptors (Lipinski definition) is 6. The maximum Gasteiger partial charge on any atom is 0.144 e. The Morgan fingerprint density at radius 3 is 2.85 bits per heavy atom. The van der Waals surface area contributed by atoms with Crippen LogP contribution in [0.25, 0.3) is 33.5 Å². The Labute approximate surface area is 201 Å². The average molecular weight is 476 g/mol. The van der Waals surface area contributed by atoms with Crippen LogP contribution < -0.4 is 16.4 Å². The van der Waals surface area contributed by atoms with Gasteiger partial charge in [-0.1, -0.05) is 17.7 Å². The van der Waals surface area contributed by atoms with E-state index in [-0.39, 0.29) is 23.6 Å². The SMILES string of the molecule is Cc1cc(F)cc(-c2cnc(N)c(-c3nc4cc(Cl)ccc4[nH]3)c2N2CC[C@H](N)[C@@H](C#N)C2)c1. The lowest BCUT2D eigenvalue weighted by Crippen LogP contribution is -2.47. The van der Waals surface area contributed by atoms with Crippen molar-refractivity contribution < 1.29 is 4.39 Å². The number of nitrogens with zero attached hydrogens (tertiary/aromatic N) is 4. The van der Waals surface area contributed by atoms with Gasteiger partial charge in [-0.25, -0.2) is 14.4 Å². The number of rotatable bonds is 3. The van der Waals surface area contributed by atoms with Crippen molar-refractivity contribution >= 4 is 34.1 Å². The van der Waals surface area contributed by atoms with Crippen molar-refractivity contribution in [2.75, 3.05) is 23.7 Å². The molecule has 1 aliphatic rings. The maximum atomic E-state index is 14.4. The predicted octanol–water partition coefficient (Wildman–Crippen LogP) is 4.65. The lowest BCUT2D eigenvalue weighted by Gasteiger charge is -2.37. The van der Waals surface area contributed by atoms with Crippen molar-refractivity contribution in [3.63, 3.8) is 0 Å². The molecule has 3 heterocycles. The lowest BCUT2D eigenvalue weighted by molar-refractivity contribution is 0.424. The van der Waals surface area contributed by atoms with E-state index in [2.05, 4.69) is 20.9 Å². The lowest BCUT2D eigenvalue weighted by atomic mass is 9.91. The molecule has 4 aromatic rings. The number of H-pyrrole nitrogens is 1. The van der Waals surface area contributed by atoms with Crippen LogP contribution in [0.5, 0.6) is 0 Å². The molecule has 5 N–H and O–H groups in total. The van der Waals surface area contributed by atoms with Crippen LogP contribution in [0.1, 0.15) is 12.0 Å². The van der Waals surface area contributed by atoms with Gasteiger partial charge in [0.05, 0.1) is 34.3 Å². The molecule has 0 bridgehead atoms. The summed E-state index contributed by atoms with van der Waals surface area (Å²) in [5.41, 5.74) is 17.6. The average Bonchev–Trinajstić information content (AvgIpc) is 3.21. The van der Waals surface area contributed by atoms with Gasteiger partial charge in [-0.15, -0.1) is 0 Å². The molecule has 0 radical (unpaired) electrons. The number of nitrogen functional groups attached to an aromatic ring is 1. The summed E-state index contributed by atoms with van der Waals surface area (Å²) in [6, 6.07) is 12.4. The van der Waals surface area contributed by atoms with Crippen LogP contribution in [0.4, 0.5) is 15.9 Å². The number of benzene rings is 2. The first-order chi connectivity index (χ1) is 16.3. The van der Waals surface area contributed by atoms with Crippen LogP contribution in [-0.2, 0) is 0 Å². The number of nitriles is 1. The number of halogens is 2. The van der Waals surface area contributed by atoms with E-state index in [1.54, 1.807) is 18.3 Å². The van der Waals surface area contributed by atoms with Crippen LogP contribution >= 0.6 is 11.6 Å². The maximum absolute atomic E-state index is 14.4. The van der Waals surface area contributed by atoms with Crippen molar-refractivity contribution in [2.24, 2.45) is 11.7 Å². The molecule has 0 spiro atoms. The smallest absolute Gasteiger partial charge is 0.144 e. The van der Waals surface area contributed by atoms with Crippen LogP contribution in [-0.4, -0.2) is 34.1 Å². The molecule has 0 aliphatic carbocycles. The fourth-order valence-corrected chi connectivity index (χ4v) is 4.75. The zero-order valence-electron chi connectivity index (χ0n) is 18.5. The highest BCUT2D eigenvalue weighted by Gasteiger charge is 2.31. The third-order valence-electron chi connectivity index (χ3n) is 6.26. The molecule has 2 aromatic heterocycles. The second-order valence-electron chi connectivity index (χ2n) is 8.68. The summed E-state index contributed by atoms with van der Waals surface area (Å²) in [7, 11) is 0. The molecule has 2 aromatic carbocycles. The van der Waals surface area contributed by atoms with Crippen molar-refractivity contribution in [3.05, 3.63) is 59.0 Å². The number of imidazole rings is 1. The number of pyridine rings is 1. The zero-order chi connectivity index (χ0) is 24.0. The third-order valence-corrected chi connectivity index (χ3v) is 6.50. The van der Waals surface area contributed by atoms with Crippen molar-refractivity contribution in [3.8, 4) is 28.6 Å². The topological polar surface area (TPSA) is 121 Å². The molecule has 1 fully saturated rings. The van der Waals surface area contributed by atoms with Gasteiger partial charge in [-0.05, 0) is 54.8 Å². The second-order valence-corrected chi connectivity index (χ2v) is 9.12. The number of aromatic amines is 1. The fraction of sp³-hybridized carbons (Fsp3) is 0.240. The van der Waals surface area contributed by atoms with Gasteiger partial charge in [0.15, 0.2) is 0 Å². The molecule has 5 rings (SSSR count). The van der Waals surface area contributed by atoms with Crippen molar-refractivity contribution in [1.29, 1.82) is 5.26 Å². The molecule has 172 valence electrons. The standard InChI is InChI=1S/C25H23ClFN7/c1-13-6-14(8-17(27)7-13)18-11-31-24(30)22(23(18)34-5-4-19(29)15(10-28)12-34)25-32-20-3-2-16(26)9-21(20)33-25/h2-3,6-9,11,15,19H,4-5,12,29H2,1H3,(H2,30,31)(H,32,33)/t15-,19-/m0/s1. The predicted molar refractivity (Wildman–Crippen MR) is 133 cm³/mol. The Bertz CT molecular complexity index is 1420. The molecular formula is C25H23ClFN7. The first kappa shape index (κ1) is 22.1. The highest BCUT2D eigenvalue weighted by molar-refractivity contribution is 6.31. The summed E-state index contributed by atoms with van der Waals surface area (Å²) in [4.78, 5) is 14.6. The largest absolute Gasteiger partial charge is 0.383 e. The summed E-state index contributed by atoms with van der Waals surface area (Å²) in [5.74, 6) is 0.108. The number of nitrogens with two attached hydrogens (primary N) is 2. The number of hydrogen-bond donors (Lipinski definition) is 3. The summed E-state index contributed by atoms with van der Waals surface area (Å²) >= 11 is 6.16.